The van der Waals surface area contributed by atoms with Gasteiger partial charge in [-0.2, -0.15) is 5.10 Å². The monoisotopic (exact) mass is 571 g/mol. The van der Waals surface area contributed by atoms with Gasteiger partial charge in [0.2, 0.25) is 17.7 Å². The number of piperidine rings is 2. The van der Waals surface area contributed by atoms with Gasteiger partial charge in [-0.25, -0.2) is 9.67 Å². The maximum Gasteiger partial charge on any atom is 0.243 e. The van der Waals surface area contributed by atoms with Crippen LogP contribution in [0, 0.1) is 12.8 Å². The minimum atomic E-state index is -0.489. The number of benzene rings is 1. The second-order valence-corrected chi connectivity index (χ2v) is 11.0. The number of halogens is 1. The number of aromatic nitrogens is 3. The summed E-state index contributed by atoms with van der Waals surface area (Å²) in [5.41, 5.74) is 1.08. The van der Waals surface area contributed by atoms with Crippen LogP contribution >= 0.6 is 12.4 Å². The van der Waals surface area contributed by atoms with Gasteiger partial charge in [-0.05, 0) is 70.5 Å². The first-order chi connectivity index (χ1) is 19.0. The van der Waals surface area contributed by atoms with Gasteiger partial charge in [0, 0.05) is 32.0 Å². The number of hydrogen-bond acceptors (Lipinski definition) is 6. The molecule has 10 nitrogen and oxygen atoms in total. The Morgan fingerprint density at radius 1 is 0.975 bits per heavy atom. The van der Waals surface area contributed by atoms with E-state index in [-0.39, 0.29) is 36.0 Å². The fourth-order valence-electron chi connectivity index (χ4n) is 6.16. The Morgan fingerprint density at radius 2 is 1.75 bits per heavy atom. The Morgan fingerprint density at radius 3 is 2.52 bits per heavy atom. The molecule has 1 aromatic heterocycles. The van der Waals surface area contributed by atoms with E-state index in [1.807, 2.05) is 46.8 Å². The fraction of sp³-hybridized carbons (Fsp3) is 0.621. The number of carbonyl (C=O) groups is 3. The molecule has 4 heterocycles. The van der Waals surface area contributed by atoms with Crippen LogP contribution in [0.1, 0.15) is 68.2 Å². The van der Waals surface area contributed by atoms with Crippen molar-refractivity contribution in [3.05, 3.63) is 47.5 Å². The van der Waals surface area contributed by atoms with E-state index in [0.717, 1.165) is 44.3 Å². The summed E-state index contributed by atoms with van der Waals surface area (Å²) in [4.78, 5) is 49.0. The second-order valence-electron chi connectivity index (χ2n) is 11.0. The molecule has 0 saturated carbocycles. The molecular formula is C29H42ClN7O3. The predicted molar refractivity (Wildman–Crippen MR) is 154 cm³/mol. The van der Waals surface area contributed by atoms with Gasteiger partial charge in [-0.1, -0.05) is 30.3 Å². The molecule has 2 saturated heterocycles. The lowest BCUT2D eigenvalue weighted by atomic mass is 9.96. The van der Waals surface area contributed by atoms with Gasteiger partial charge in [0.05, 0.1) is 12.6 Å². The van der Waals surface area contributed by atoms with Crippen LogP contribution in [-0.4, -0.2) is 81.1 Å². The van der Waals surface area contributed by atoms with E-state index in [0.29, 0.717) is 63.5 Å². The van der Waals surface area contributed by atoms with Gasteiger partial charge in [-0.3, -0.25) is 14.4 Å². The largest absolute Gasteiger partial charge is 0.344 e. The first kappa shape index (κ1) is 30.0. The predicted octanol–water partition coefficient (Wildman–Crippen LogP) is 2.41. The fourth-order valence-corrected chi connectivity index (χ4v) is 6.16. The molecule has 2 atom stereocenters. The van der Waals surface area contributed by atoms with Crippen LogP contribution in [0.4, 0.5) is 0 Å². The average molecular weight is 572 g/mol. The summed E-state index contributed by atoms with van der Waals surface area (Å²) < 4.78 is 1.86. The molecule has 0 unspecified atom stereocenters. The zero-order valence-corrected chi connectivity index (χ0v) is 24.2. The lowest BCUT2D eigenvalue weighted by molar-refractivity contribution is -0.143. The molecule has 2 fully saturated rings. The average Bonchev–Trinajstić information content (AvgIpc) is 3.34. The summed E-state index contributed by atoms with van der Waals surface area (Å²) in [7, 11) is 0. The Balaban J connectivity index is 0.00000370. The molecule has 1 aromatic carbocycles. The zero-order chi connectivity index (χ0) is 27.2. The van der Waals surface area contributed by atoms with Crippen molar-refractivity contribution >= 4 is 30.1 Å². The summed E-state index contributed by atoms with van der Waals surface area (Å²) in [6.07, 6.45) is 5.62. The molecule has 3 aliphatic heterocycles. The standard InChI is InChI=1S/C29H41N7O3.ClH/c1-21-31-27-24(20-22-8-3-2-4-9-22)32-28(38)25-10-5-6-17-35(25)26(37)11-7-16-34(18-19-36(27)33-21)29(39)23-12-14-30-15-13-23;/h2-4,8-9,23-25,30H,5-7,10-20H2,1H3,(H,32,38);1H/t24-,25+;/m1./s1. The van der Waals surface area contributed by atoms with Gasteiger partial charge >= 0.3 is 0 Å². The summed E-state index contributed by atoms with van der Waals surface area (Å²) in [6.45, 7) is 5.65. The third-order valence-electron chi connectivity index (χ3n) is 8.24. The Hall–Kier alpha value is -2.98. The number of carbonyl (C=O) groups excluding carboxylic acids is 3. The highest BCUT2D eigenvalue weighted by atomic mass is 35.5. The molecule has 40 heavy (non-hydrogen) atoms. The molecule has 3 aliphatic rings. The maximum atomic E-state index is 13.7. The summed E-state index contributed by atoms with van der Waals surface area (Å²) in [5.74, 6) is 1.36. The van der Waals surface area contributed by atoms with E-state index < -0.39 is 12.1 Å². The highest BCUT2D eigenvalue weighted by Gasteiger charge is 2.35. The number of rotatable bonds is 3. The van der Waals surface area contributed by atoms with Crippen LogP contribution in [0.15, 0.2) is 30.3 Å². The Labute approximate surface area is 242 Å². The van der Waals surface area contributed by atoms with Crippen molar-refractivity contribution < 1.29 is 14.4 Å². The van der Waals surface area contributed by atoms with Crippen molar-refractivity contribution in [3.63, 3.8) is 0 Å². The van der Waals surface area contributed by atoms with Crippen molar-refractivity contribution in [1.82, 2.24) is 35.2 Å². The minimum Gasteiger partial charge on any atom is -0.344 e. The Bertz CT molecular complexity index is 1150. The zero-order valence-electron chi connectivity index (χ0n) is 23.4. The van der Waals surface area contributed by atoms with E-state index >= 15 is 0 Å². The summed E-state index contributed by atoms with van der Waals surface area (Å²) in [6, 6.07) is 9.14. The highest BCUT2D eigenvalue weighted by molar-refractivity contribution is 5.88. The molecule has 218 valence electrons. The van der Waals surface area contributed by atoms with E-state index in [2.05, 4.69) is 15.7 Å². The molecule has 2 N–H and O–H groups in total. The smallest absolute Gasteiger partial charge is 0.243 e. The van der Waals surface area contributed by atoms with Crippen LogP contribution in [0.5, 0.6) is 0 Å². The van der Waals surface area contributed by atoms with E-state index in [1.165, 1.54) is 0 Å². The number of aryl methyl sites for hydroxylation is 1. The molecule has 0 spiro atoms. The number of nitrogens with one attached hydrogen (secondary N) is 2. The van der Waals surface area contributed by atoms with Crippen molar-refractivity contribution in [1.29, 1.82) is 0 Å². The van der Waals surface area contributed by atoms with Crippen LogP contribution < -0.4 is 10.6 Å². The van der Waals surface area contributed by atoms with Crippen molar-refractivity contribution in [2.45, 2.75) is 76.9 Å². The normalized spacial score (nSPS) is 23.3. The molecule has 5 rings (SSSR count). The van der Waals surface area contributed by atoms with Crippen molar-refractivity contribution in [2.24, 2.45) is 5.92 Å². The molecule has 0 aliphatic carbocycles. The second kappa shape index (κ2) is 14.1. The first-order valence-electron chi connectivity index (χ1n) is 14.5. The minimum absolute atomic E-state index is 0. The van der Waals surface area contributed by atoms with E-state index in [1.54, 1.807) is 4.90 Å². The SMILES string of the molecule is Cc1nc2n(n1)CCN(C(=O)C1CCNCC1)CCCC(=O)N1CCCC[C@H]1C(=O)N[C@@H]2Cc1ccccc1.Cl. The van der Waals surface area contributed by atoms with Gasteiger partial charge in [-0.15, -0.1) is 12.4 Å². The molecule has 0 bridgehead atoms. The van der Waals surface area contributed by atoms with Gasteiger partial charge in [0.25, 0.3) is 0 Å². The summed E-state index contributed by atoms with van der Waals surface area (Å²) >= 11 is 0. The summed E-state index contributed by atoms with van der Waals surface area (Å²) in [5, 5.41) is 11.3. The lowest BCUT2D eigenvalue weighted by Crippen LogP contribution is -2.53. The molecular weight excluding hydrogens is 530 g/mol. The van der Waals surface area contributed by atoms with Crippen LogP contribution in [0.2, 0.25) is 0 Å². The third kappa shape index (κ3) is 7.20. The van der Waals surface area contributed by atoms with Gasteiger partial charge < -0.3 is 20.4 Å². The molecule has 2 aromatic rings. The third-order valence-corrected chi connectivity index (χ3v) is 8.24. The first-order valence-corrected chi connectivity index (χ1v) is 14.5. The van der Waals surface area contributed by atoms with Crippen LogP contribution in [0.25, 0.3) is 0 Å². The van der Waals surface area contributed by atoms with Crippen molar-refractivity contribution in [2.75, 3.05) is 32.7 Å². The van der Waals surface area contributed by atoms with Gasteiger partial charge in [0.1, 0.15) is 17.7 Å². The number of fused-ring (bicyclic) bond motifs is 2. The van der Waals surface area contributed by atoms with E-state index in [4.69, 9.17) is 4.98 Å². The Kier molecular flexibility index (Phi) is 10.6. The lowest BCUT2D eigenvalue weighted by Gasteiger charge is -2.36. The highest BCUT2D eigenvalue weighted by Crippen LogP contribution is 2.24. The molecule has 3 amide bonds. The van der Waals surface area contributed by atoms with Gasteiger partial charge in [0.15, 0.2) is 0 Å². The van der Waals surface area contributed by atoms with Crippen LogP contribution in [-0.2, 0) is 27.3 Å². The number of hydrogen-bond donors (Lipinski definition) is 2. The number of nitrogens with zero attached hydrogens (tertiary/aromatic N) is 5. The molecule has 11 heteroatoms. The number of amides is 3. The molecule has 0 radical (unpaired) electrons. The topological polar surface area (TPSA) is 112 Å². The van der Waals surface area contributed by atoms with Crippen LogP contribution in [0.3, 0.4) is 0 Å². The maximum absolute atomic E-state index is 13.7. The van der Waals surface area contributed by atoms with Crippen molar-refractivity contribution in [3.8, 4) is 0 Å². The van der Waals surface area contributed by atoms with E-state index in [9.17, 15) is 14.4 Å². The quantitative estimate of drug-likeness (QED) is 0.585.